The number of nitrogens with zero attached hydrogens (tertiary/aromatic N) is 4. The van der Waals surface area contributed by atoms with Crippen molar-refractivity contribution in [3.8, 4) is 56.4 Å². The first-order chi connectivity index (χ1) is 31.3. The lowest BCUT2D eigenvalue weighted by Gasteiger charge is -2.24. The normalized spacial score (nSPS) is 11.8. The molecule has 0 N–H and O–H groups in total. The smallest absolute Gasteiger partial charge is 0.145 e. The van der Waals surface area contributed by atoms with Crippen molar-refractivity contribution in [1.29, 1.82) is 0 Å². The van der Waals surface area contributed by atoms with E-state index in [0.29, 0.717) is 11.8 Å². The van der Waals surface area contributed by atoms with Crippen LogP contribution in [0, 0.1) is 12.7 Å². The molecule has 65 heavy (non-hydrogen) atoms. The van der Waals surface area contributed by atoms with Gasteiger partial charge in [-0.2, -0.15) is 0 Å². The van der Waals surface area contributed by atoms with E-state index in [4.69, 9.17) is 9.97 Å². The second kappa shape index (κ2) is 18.0. The van der Waals surface area contributed by atoms with E-state index < -0.39 is 0 Å². The van der Waals surface area contributed by atoms with Gasteiger partial charge in [0.05, 0.1) is 22.4 Å². The number of fused-ring (bicyclic) bond motifs is 1. The summed E-state index contributed by atoms with van der Waals surface area (Å²) in [6, 6.07) is 51.3. The van der Waals surface area contributed by atoms with E-state index in [-0.39, 0.29) is 17.7 Å². The third kappa shape index (κ3) is 8.60. The van der Waals surface area contributed by atoms with Crippen LogP contribution in [0.5, 0.6) is 0 Å². The maximum absolute atomic E-state index is 14.0. The summed E-state index contributed by atoms with van der Waals surface area (Å²) in [5.74, 6) is 2.68. The van der Waals surface area contributed by atoms with E-state index >= 15 is 0 Å². The Morgan fingerprint density at radius 2 is 0.969 bits per heavy atom. The highest BCUT2D eigenvalue weighted by Gasteiger charge is 2.25. The van der Waals surface area contributed by atoms with Crippen LogP contribution in [0.25, 0.3) is 67.4 Å². The molecule has 0 saturated heterocycles. The third-order valence-corrected chi connectivity index (χ3v) is 12.8. The number of aromatic nitrogens is 4. The fraction of sp³-hybridized carbons (Fsp3) is 0.233. The highest BCUT2D eigenvalue weighted by Crippen LogP contribution is 2.41. The maximum atomic E-state index is 14.0. The van der Waals surface area contributed by atoms with Gasteiger partial charge in [-0.15, -0.1) is 0 Å². The molecule has 0 aliphatic rings. The Balaban J connectivity index is 1.10. The van der Waals surface area contributed by atoms with E-state index in [0.717, 1.165) is 51.4 Å². The molecule has 0 fully saturated rings. The molecule has 2 heterocycles. The van der Waals surface area contributed by atoms with Gasteiger partial charge in [-0.3, -0.25) is 9.13 Å². The molecule has 0 unspecified atom stereocenters. The Hall–Kier alpha value is -6.85. The SMILES string of the molecule is Cc1ccc(-c2cc(C(C)C)c(-n3ccnc3-c3cccc(Cc4cccc(-c5nc6ccccc6n5-c5c(C(C)C)cc(-c6ccc(F)cc6)cc5C(C)C)c4)c3)c(C(C)C)c2)cc1. The van der Waals surface area contributed by atoms with Gasteiger partial charge in [0.25, 0.3) is 0 Å². The van der Waals surface area contributed by atoms with Crippen LogP contribution in [0.1, 0.15) is 118 Å². The Morgan fingerprint density at radius 3 is 1.51 bits per heavy atom. The molecule has 2 aromatic heterocycles. The number of imidazole rings is 2. The summed E-state index contributed by atoms with van der Waals surface area (Å²) in [6.07, 6.45) is 4.82. The summed E-state index contributed by atoms with van der Waals surface area (Å²) in [5, 5.41) is 0. The largest absolute Gasteiger partial charge is 0.299 e. The number of rotatable bonds is 12. The second-order valence-corrected chi connectivity index (χ2v) is 19.0. The summed E-state index contributed by atoms with van der Waals surface area (Å²) in [4.78, 5) is 10.4. The van der Waals surface area contributed by atoms with Crippen molar-refractivity contribution in [1.82, 2.24) is 19.1 Å². The van der Waals surface area contributed by atoms with Gasteiger partial charge in [0.1, 0.15) is 17.5 Å². The van der Waals surface area contributed by atoms with Gasteiger partial charge in [-0.05, 0) is 153 Å². The van der Waals surface area contributed by atoms with Crippen LogP contribution in [-0.4, -0.2) is 19.1 Å². The average molecular weight is 855 g/mol. The standard InChI is InChI=1S/C60H59FN4/c1-37(2)51-33-48(44-22-20-41(9)21-23-44)34-52(38(3)4)57(51)64-29-28-62-59(64)46-16-12-14-42(31-46)30-43-15-13-17-47(32-43)60-63-55-18-10-11-19-56(55)65(60)58-53(39(5)6)35-49(36-54(58)40(7)8)45-24-26-50(61)27-25-45/h10-29,31-40H,30H2,1-9H3. The molecule has 0 aliphatic carbocycles. The molecule has 0 spiro atoms. The van der Waals surface area contributed by atoms with Gasteiger partial charge in [0, 0.05) is 23.5 Å². The molecular formula is C60H59FN4. The summed E-state index contributed by atoms with van der Waals surface area (Å²) in [5.41, 5.74) is 19.9. The number of aryl methyl sites for hydroxylation is 1. The molecule has 9 rings (SSSR count). The Kier molecular flexibility index (Phi) is 12.0. The highest BCUT2D eigenvalue weighted by atomic mass is 19.1. The molecule has 7 aromatic carbocycles. The van der Waals surface area contributed by atoms with Gasteiger partial charge < -0.3 is 0 Å². The summed E-state index contributed by atoms with van der Waals surface area (Å²) in [7, 11) is 0. The minimum atomic E-state index is -0.230. The van der Waals surface area contributed by atoms with Gasteiger partial charge in [0.2, 0.25) is 0 Å². The van der Waals surface area contributed by atoms with E-state index in [2.05, 4.69) is 199 Å². The first-order valence-electron chi connectivity index (χ1n) is 23.2. The van der Waals surface area contributed by atoms with Crippen molar-refractivity contribution < 1.29 is 4.39 Å². The summed E-state index contributed by atoms with van der Waals surface area (Å²) in [6.45, 7) is 20.3. The molecule has 5 heteroatoms. The molecule has 326 valence electrons. The fourth-order valence-corrected chi connectivity index (χ4v) is 9.40. The molecular weight excluding hydrogens is 796 g/mol. The van der Waals surface area contributed by atoms with Gasteiger partial charge in [0.15, 0.2) is 0 Å². The van der Waals surface area contributed by atoms with Crippen molar-refractivity contribution in [2.24, 2.45) is 0 Å². The van der Waals surface area contributed by atoms with Crippen molar-refractivity contribution in [2.75, 3.05) is 0 Å². The fourth-order valence-electron chi connectivity index (χ4n) is 9.40. The molecule has 9 aromatic rings. The average Bonchev–Trinajstić information content (AvgIpc) is 3.95. The first-order valence-corrected chi connectivity index (χ1v) is 23.2. The summed E-state index contributed by atoms with van der Waals surface area (Å²) < 4.78 is 18.7. The van der Waals surface area contributed by atoms with Crippen molar-refractivity contribution >= 4 is 11.0 Å². The number of halogens is 1. The maximum Gasteiger partial charge on any atom is 0.145 e. The van der Waals surface area contributed by atoms with Crippen LogP contribution in [0.15, 0.2) is 158 Å². The van der Waals surface area contributed by atoms with E-state index in [9.17, 15) is 4.39 Å². The molecule has 0 saturated carbocycles. The first kappa shape index (κ1) is 43.4. The molecule has 0 amide bonds. The van der Waals surface area contributed by atoms with Crippen LogP contribution < -0.4 is 0 Å². The molecule has 4 nitrogen and oxygen atoms in total. The molecule has 0 radical (unpaired) electrons. The quantitative estimate of drug-likeness (QED) is 0.123. The third-order valence-electron chi connectivity index (χ3n) is 12.8. The lowest BCUT2D eigenvalue weighted by molar-refractivity contribution is 0.628. The lowest BCUT2D eigenvalue weighted by Crippen LogP contribution is -2.09. The van der Waals surface area contributed by atoms with Gasteiger partial charge in [-0.25, -0.2) is 14.4 Å². The topological polar surface area (TPSA) is 35.6 Å². The molecule has 0 atom stereocenters. The predicted octanol–water partition coefficient (Wildman–Crippen LogP) is 16.4. The monoisotopic (exact) mass is 854 g/mol. The van der Waals surface area contributed by atoms with Crippen molar-refractivity contribution in [3.05, 3.63) is 203 Å². The Labute approximate surface area is 384 Å². The lowest BCUT2D eigenvalue weighted by atomic mass is 9.88. The zero-order chi connectivity index (χ0) is 45.5. The number of hydrogen-bond donors (Lipinski definition) is 0. The highest BCUT2D eigenvalue weighted by molar-refractivity contribution is 5.85. The van der Waals surface area contributed by atoms with E-state index in [1.165, 1.54) is 61.4 Å². The predicted molar refractivity (Wildman–Crippen MR) is 270 cm³/mol. The molecule has 0 bridgehead atoms. The van der Waals surface area contributed by atoms with Crippen LogP contribution in [0.3, 0.4) is 0 Å². The zero-order valence-corrected chi connectivity index (χ0v) is 39.2. The number of para-hydroxylation sites is 2. The Bertz CT molecular complexity index is 3080. The van der Waals surface area contributed by atoms with Crippen LogP contribution in [-0.2, 0) is 6.42 Å². The van der Waals surface area contributed by atoms with Crippen LogP contribution >= 0.6 is 0 Å². The number of hydrogen-bond acceptors (Lipinski definition) is 2. The second-order valence-electron chi connectivity index (χ2n) is 19.0. The zero-order valence-electron chi connectivity index (χ0n) is 39.2. The van der Waals surface area contributed by atoms with Gasteiger partial charge >= 0.3 is 0 Å². The number of benzene rings is 7. The van der Waals surface area contributed by atoms with Crippen LogP contribution in [0.2, 0.25) is 0 Å². The van der Waals surface area contributed by atoms with Crippen LogP contribution in [0.4, 0.5) is 4.39 Å². The van der Waals surface area contributed by atoms with Crippen molar-refractivity contribution in [2.45, 2.75) is 92.4 Å². The van der Waals surface area contributed by atoms with Crippen molar-refractivity contribution in [3.63, 3.8) is 0 Å². The minimum absolute atomic E-state index is 0.220. The Morgan fingerprint density at radius 1 is 0.477 bits per heavy atom. The van der Waals surface area contributed by atoms with E-state index in [1.807, 2.05) is 18.3 Å². The molecule has 0 aliphatic heterocycles. The summed E-state index contributed by atoms with van der Waals surface area (Å²) >= 11 is 0. The van der Waals surface area contributed by atoms with E-state index in [1.54, 1.807) is 12.1 Å². The van der Waals surface area contributed by atoms with Gasteiger partial charge in [-0.1, -0.05) is 146 Å². The minimum Gasteiger partial charge on any atom is -0.299 e.